The van der Waals surface area contributed by atoms with Gasteiger partial charge in [-0.2, -0.15) is 0 Å². The number of halogens is 1. The fourth-order valence-corrected chi connectivity index (χ4v) is 6.03. The molecule has 0 N–H and O–H groups in total. The highest BCUT2D eigenvalue weighted by molar-refractivity contribution is 7.19. The van der Waals surface area contributed by atoms with E-state index in [-0.39, 0.29) is 0 Å². The van der Waals surface area contributed by atoms with Crippen LogP contribution in [0.3, 0.4) is 0 Å². The maximum Gasteiger partial charge on any atom is 0.0413 e. The van der Waals surface area contributed by atoms with Crippen molar-refractivity contribution in [3.05, 3.63) is 105 Å². The molecular formula is C25H22ClNS. The number of fused-ring (bicyclic) bond motifs is 3. The summed E-state index contributed by atoms with van der Waals surface area (Å²) in [6, 6.07) is 28.5. The zero-order chi connectivity index (χ0) is 19.1. The Balaban J connectivity index is 1.65. The lowest BCUT2D eigenvalue weighted by molar-refractivity contribution is 0.163. The molecule has 0 amide bonds. The Labute approximate surface area is 175 Å². The minimum atomic E-state index is 0.379. The van der Waals surface area contributed by atoms with Gasteiger partial charge in [0.2, 0.25) is 0 Å². The van der Waals surface area contributed by atoms with Gasteiger partial charge in [-0.15, -0.1) is 11.3 Å². The van der Waals surface area contributed by atoms with Crippen molar-refractivity contribution in [2.45, 2.75) is 32.0 Å². The van der Waals surface area contributed by atoms with Crippen LogP contribution in [0.1, 0.15) is 34.4 Å². The molecule has 3 aromatic carbocycles. The number of benzene rings is 3. The van der Waals surface area contributed by atoms with Crippen molar-refractivity contribution in [2.24, 2.45) is 0 Å². The summed E-state index contributed by atoms with van der Waals surface area (Å²) in [6.07, 6.45) is 0. The van der Waals surface area contributed by atoms with Crippen LogP contribution in [0, 0.1) is 0 Å². The van der Waals surface area contributed by atoms with E-state index < -0.39 is 0 Å². The van der Waals surface area contributed by atoms with Crippen LogP contribution in [-0.4, -0.2) is 10.9 Å². The first-order valence-electron chi connectivity index (χ1n) is 9.74. The van der Waals surface area contributed by atoms with Crippen LogP contribution in [-0.2, 0) is 13.1 Å². The third kappa shape index (κ3) is 3.16. The van der Waals surface area contributed by atoms with Gasteiger partial charge in [-0.05, 0) is 47.2 Å². The molecule has 1 aromatic heterocycles. The van der Waals surface area contributed by atoms with E-state index in [9.17, 15) is 0 Å². The summed E-state index contributed by atoms with van der Waals surface area (Å²) in [5, 5.41) is 2.14. The minimum absolute atomic E-state index is 0.379. The molecule has 140 valence electrons. The summed E-state index contributed by atoms with van der Waals surface area (Å²) >= 11 is 8.30. The molecule has 1 aliphatic heterocycles. The van der Waals surface area contributed by atoms with Gasteiger partial charge in [0.25, 0.3) is 0 Å². The highest BCUT2D eigenvalue weighted by Gasteiger charge is 2.35. The first-order chi connectivity index (χ1) is 13.7. The molecule has 3 heteroatoms. The Morgan fingerprint density at radius 3 is 2.43 bits per heavy atom. The first kappa shape index (κ1) is 17.9. The van der Waals surface area contributed by atoms with E-state index >= 15 is 0 Å². The van der Waals surface area contributed by atoms with Crippen LogP contribution in [0.4, 0.5) is 0 Å². The molecule has 0 bridgehead atoms. The molecule has 0 fully saturated rings. The third-order valence-electron chi connectivity index (χ3n) is 5.87. The van der Waals surface area contributed by atoms with Crippen LogP contribution >= 0.6 is 22.9 Å². The summed E-state index contributed by atoms with van der Waals surface area (Å²) in [7, 11) is 0. The highest BCUT2D eigenvalue weighted by atomic mass is 35.5. The van der Waals surface area contributed by atoms with Gasteiger partial charge in [-0.25, -0.2) is 0 Å². The summed E-state index contributed by atoms with van der Waals surface area (Å²) in [5.41, 5.74) is 4.21. The third-order valence-corrected chi connectivity index (χ3v) is 7.40. The van der Waals surface area contributed by atoms with E-state index in [4.69, 9.17) is 11.6 Å². The van der Waals surface area contributed by atoms with E-state index in [2.05, 4.69) is 84.6 Å². The van der Waals surface area contributed by atoms with Crippen molar-refractivity contribution in [3.63, 3.8) is 0 Å². The van der Waals surface area contributed by atoms with Gasteiger partial charge in [0.15, 0.2) is 0 Å². The maximum absolute atomic E-state index is 6.36. The Morgan fingerprint density at radius 1 is 0.964 bits per heavy atom. The fraction of sp³-hybridized carbons (Fsp3) is 0.200. The van der Waals surface area contributed by atoms with Gasteiger partial charge in [0.1, 0.15) is 0 Å². The predicted molar refractivity (Wildman–Crippen MR) is 120 cm³/mol. The lowest BCUT2D eigenvalue weighted by Crippen LogP contribution is -2.40. The molecule has 5 rings (SSSR count). The molecule has 2 heterocycles. The van der Waals surface area contributed by atoms with Gasteiger partial charge in [0, 0.05) is 39.6 Å². The highest BCUT2D eigenvalue weighted by Crippen LogP contribution is 2.46. The zero-order valence-electron chi connectivity index (χ0n) is 15.8. The molecule has 0 saturated heterocycles. The zero-order valence-corrected chi connectivity index (χ0v) is 17.4. The molecule has 0 saturated carbocycles. The van der Waals surface area contributed by atoms with E-state index in [0.717, 1.165) is 18.1 Å². The molecule has 1 aliphatic rings. The molecule has 2 unspecified atom stereocenters. The summed E-state index contributed by atoms with van der Waals surface area (Å²) < 4.78 is 1.34. The quantitative estimate of drug-likeness (QED) is 0.353. The number of thiophene rings is 1. The van der Waals surface area contributed by atoms with E-state index in [1.54, 1.807) is 0 Å². The van der Waals surface area contributed by atoms with Gasteiger partial charge in [0.05, 0.1) is 0 Å². The summed E-state index contributed by atoms with van der Waals surface area (Å²) in [5.74, 6) is 0.379. The normalized spacial score (nSPS) is 19.6. The number of hydrogen-bond acceptors (Lipinski definition) is 2. The van der Waals surface area contributed by atoms with Crippen molar-refractivity contribution in [1.82, 2.24) is 4.90 Å². The standard InChI is InChI=1S/C25H22ClNS/c1-17-24(19-10-6-3-7-11-19)25-22(21-14-20(26)12-13-23(21)28-25)16-27(17)15-18-8-4-2-5-9-18/h2-14,17,24H,15-16H2,1H3. The van der Waals surface area contributed by atoms with Gasteiger partial charge >= 0.3 is 0 Å². The fourth-order valence-electron chi connectivity index (χ4n) is 4.44. The van der Waals surface area contributed by atoms with E-state index in [0.29, 0.717) is 12.0 Å². The second kappa shape index (κ2) is 7.36. The molecule has 28 heavy (non-hydrogen) atoms. The van der Waals surface area contributed by atoms with E-state index in [1.807, 2.05) is 17.4 Å². The molecule has 0 aliphatic carbocycles. The molecule has 2 atom stereocenters. The molecule has 0 radical (unpaired) electrons. The van der Waals surface area contributed by atoms with Crippen LogP contribution in [0.2, 0.25) is 5.02 Å². The van der Waals surface area contributed by atoms with Crippen molar-refractivity contribution in [3.8, 4) is 0 Å². The smallest absolute Gasteiger partial charge is 0.0413 e. The SMILES string of the molecule is CC1C(c2ccccc2)c2sc3ccc(Cl)cc3c2CN1Cc1ccccc1. The topological polar surface area (TPSA) is 3.24 Å². The largest absolute Gasteiger partial charge is 0.291 e. The monoisotopic (exact) mass is 403 g/mol. The average molecular weight is 404 g/mol. The van der Waals surface area contributed by atoms with Crippen LogP contribution in [0.25, 0.3) is 10.1 Å². The van der Waals surface area contributed by atoms with Crippen molar-refractivity contribution >= 4 is 33.0 Å². The Bertz CT molecular complexity index is 1100. The Morgan fingerprint density at radius 2 is 1.68 bits per heavy atom. The second-order valence-corrected chi connectivity index (χ2v) is 9.13. The number of nitrogens with zero attached hydrogens (tertiary/aromatic N) is 1. The lowest BCUT2D eigenvalue weighted by atomic mass is 9.84. The van der Waals surface area contributed by atoms with Gasteiger partial charge in [-0.3, -0.25) is 4.90 Å². The van der Waals surface area contributed by atoms with E-state index in [1.165, 1.54) is 31.7 Å². The molecule has 0 spiro atoms. The Kier molecular flexibility index (Phi) is 4.72. The van der Waals surface area contributed by atoms with Crippen LogP contribution in [0.15, 0.2) is 78.9 Å². The number of rotatable bonds is 3. The van der Waals surface area contributed by atoms with Crippen LogP contribution in [0.5, 0.6) is 0 Å². The molecule has 4 aromatic rings. The van der Waals surface area contributed by atoms with Crippen molar-refractivity contribution < 1.29 is 0 Å². The number of hydrogen-bond donors (Lipinski definition) is 0. The second-order valence-electron chi connectivity index (χ2n) is 7.60. The van der Waals surface area contributed by atoms with Gasteiger partial charge in [-0.1, -0.05) is 72.3 Å². The molecular weight excluding hydrogens is 382 g/mol. The van der Waals surface area contributed by atoms with Crippen molar-refractivity contribution in [1.29, 1.82) is 0 Å². The minimum Gasteiger partial charge on any atom is -0.291 e. The van der Waals surface area contributed by atoms with Crippen molar-refractivity contribution in [2.75, 3.05) is 0 Å². The summed E-state index contributed by atoms with van der Waals surface area (Å²) in [6.45, 7) is 4.30. The first-order valence-corrected chi connectivity index (χ1v) is 10.9. The van der Waals surface area contributed by atoms with Crippen LogP contribution < -0.4 is 0 Å². The lowest BCUT2D eigenvalue weighted by Gasteiger charge is -2.40. The summed E-state index contributed by atoms with van der Waals surface area (Å²) in [4.78, 5) is 4.11. The molecule has 1 nitrogen and oxygen atoms in total. The van der Waals surface area contributed by atoms with Gasteiger partial charge < -0.3 is 0 Å². The average Bonchev–Trinajstić information content (AvgIpc) is 3.07. The predicted octanol–water partition coefficient (Wildman–Crippen LogP) is 7.09. The maximum atomic E-state index is 6.36. The Hall–Kier alpha value is -2.13.